The maximum atomic E-state index is 13.4. The molecular weight excluding hydrogens is 450 g/mol. The quantitative estimate of drug-likeness (QED) is 0.633. The molecule has 1 aromatic carbocycles. The average Bonchev–Trinajstić information content (AvgIpc) is 3.11. The van der Waals surface area contributed by atoms with E-state index in [4.69, 9.17) is 23.2 Å². The van der Waals surface area contributed by atoms with Crippen LogP contribution in [-0.4, -0.2) is 38.8 Å². The number of nitrogens with zero attached hydrogens (tertiary/aromatic N) is 4. The normalized spacial score (nSPS) is 16.6. The van der Waals surface area contributed by atoms with Crippen LogP contribution in [-0.2, 0) is 6.54 Å². The van der Waals surface area contributed by atoms with Crippen LogP contribution < -0.4 is 10.6 Å². The van der Waals surface area contributed by atoms with E-state index >= 15 is 0 Å². The van der Waals surface area contributed by atoms with E-state index in [0.29, 0.717) is 34.4 Å². The van der Waals surface area contributed by atoms with Crippen LogP contribution in [0.5, 0.6) is 0 Å². The lowest BCUT2D eigenvalue weighted by Gasteiger charge is -2.30. The van der Waals surface area contributed by atoms with Gasteiger partial charge in [0, 0.05) is 11.4 Å². The Bertz CT molecular complexity index is 1190. The smallest absolute Gasteiger partial charge is 0.352 e. The van der Waals surface area contributed by atoms with Gasteiger partial charge >= 0.3 is 5.69 Å². The van der Waals surface area contributed by atoms with Crippen molar-refractivity contribution in [2.24, 2.45) is 0 Å². The molecule has 0 bridgehead atoms. The summed E-state index contributed by atoms with van der Waals surface area (Å²) in [6, 6.07) is 7.97. The molecule has 1 atom stereocenters. The number of thiophene rings is 1. The summed E-state index contributed by atoms with van der Waals surface area (Å²) < 4.78 is 15.6. The summed E-state index contributed by atoms with van der Waals surface area (Å²) in [7, 11) is 0. The van der Waals surface area contributed by atoms with Crippen LogP contribution in [0.15, 0.2) is 41.2 Å². The minimum atomic E-state index is -0.861. The molecule has 1 aliphatic rings. The predicted octanol–water partition coefficient (Wildman–Crippen LogP) is 3.77. The molecule has 0 fully saturated rings. The van der Waals surface area contributed by atoms with Gasteiger partial charge in [0.15, 0.2) is 0 Å². The fourth-order valence-corrected chi connectivity index (χ4v) is 4.56. The number of anilines is 1. The minimum absolute atomic E-state index is 0.00220. The average molecular weight is 467 g/mol. The Labute approximate surface area is 185 Å². The first kappa shape index (κ1) is 21.0. The molecule has 4 rings (SSSR count). The number of aryl methyl sites for hydroxylation is 1. The monoisotopic (exact) mass is 466 g/mol. The summed E-state index contributed by atoms with van der Waals surface area (Å²) in [4.78, 5) is 23.8. The van der Waals surface area contributed by atoms with E-state index in [1.807, 2.05) is 6.07 Å². The molecule has 0 amide bonds. The maximum absolute atomic E-state index is 13.4. The third kappa shape index (κ3) is 4.27. The molecule has 0 saturated heterocycles. The standard InChI is InChI=1S/C20H17Cl2FN4O2S/c1-11-24-19(25-20(29)27(11)9-13-3-5-18(22)30-13)26-7-6-14(17(28)10-26)12-2-4-16(23)15(21)8-12/h2-6,8,17,28H,7,9-10H2,1H3. The summed E-state index contributed by atoms with van der Waals surface area (Å²) in [5, 5.41) is 10.6. The highest BCUT2D eigenvalue weighted by atomic mass is 35.5. The van der Waals surface area contributed by atoms with Crippen LogP contribution in [0.4, 0.5) is 10.3 Å². The molecule has 10 heteroatoms. The molecule has 3 heterocycles. The summed E-state index contributed by atoms with van der Waals surface area (Å²) in [5.74, 6) is 0.260. The van der Waals surface area contributed by atoms with Crippen molar-refractivity contribution in [3.05, 3.63) is 78.3 Å². The molecule has 3 aromatic rings. The van der Waals surface area contributed by atoms with E-state index in [1.165, 1.54) is 28.0 Å². The van der Waals surface area contributed by atoms with Gasteiger partial charge < -0.3 is 10.0 Å². The third-order valence-electron chi connectivity index (χ3n) is 4.84. The van der Waals surface area contributed by atoms with Crippen LogP contribution >= 0.6 is 34.5 Å². The Kier molecular flexibility index (Phi) is 5.92. The number of aliphatic hydroxyl groups is 1. The number of halogens is 3. The first-order valence-electron chi connectivity index (χ1n) is 9.10. The number of aromatic nitrogens is 3. The van der Waals surface area contributed by atoms with Crippen molar-refractivity contribution < 1.29 is 9.50 Å². The molecule has 30 heavy (non-hydrogen) atoms. The molecule has 156 valence electrons. The van der Waals surface area contributed by atoms with Gasteiger partial charge in [-0.3, -0.25) is 4.57 Å². The lowest BCUT2D eigenvalue weighted by molar-refractivity contribution is 0.233. The zero-order valence-corrected chi connectivity index (χ0v) is 18.2. The van der Waals surface area contributed by atoms with Crippen molar-refractivity contribution in [1.29, 1.82) is 0 Å². The highest BCUT2D eigenvalue weighted by molar-refractivity contribution is 7.16. The maximum Gasteiger partial charge on any atom is 0.352 e. The van der Waals surface area contributed by atoms with Gasteiger partial charge in [-0.05, 0) is 42.3 Å². The zero-order chi connectivity index (χ0) is 21.4. The highest BCUT2D eigenvalue weighted by Crippen LogP contribution is 2.28. The van der Waals surface area contributed by atoms with E-state index < -0.39 is 17.6 Å². The van der Waals surface area contributed by atoms with Crippen molar-refractivity contribution in [2.45, 2.75) is 19.6 Å². The highest BCUT2D eigenvalue weighted by Gasteiger charge is 2.25. The van der Waals surface area contributed by atoms with Crippen LogP contribution in [0.2, 0.25) is 9.36 Å². The van der Waals surface area contributed by atoms with Crippen molar-refractivity contribution >= 4 is 46.1 Å². The van der Waals surface area contributed by atoms with Crippen LogP contribution in [0.25, 0.3) is 5.57 Å². The summed E-state index contributed by atoms with van der Waals surface area (Å²) in [5.41, 5.74) is 0.875. The van der Waals surface area contributed by atoms with E-state index in [9.17, 15) is 14.3 Å². The largest absolute Gasteiger partial charge is 0.387 e. The Balaban J connectivity index is 1.57. The predicted molar refractivity (Wildman–Crippen MR) is 117 cm³/mol. The van der Waals surface area contributed by atoms with Gasteiger partial charge in [0.05, 0.1) is 28.6 Å². The molecule has 1 N–H and O–H groups in total. The number of β-amino-alcohol motifs (C(OH)–C–C–N with tert-alkyl or cyclic N) is 1. The van der Waals surface area contributed by atoms with Crippen molar-refractivity contribution in [2.75, 3.05) is 18.0 Å². The molecular formula is C20H17Cl2FN4O2S. The first-order chi connectivity index (χ1) is 14.3. The van der Waals surface area contributed by atoms with Gasteiger partial charge in [0.2, 0.25) is 5.95 Å². The van der Waals surface area contributed by atoms with E-state index in [-0.39, 0.29) is 17.5 Å². The van der Waals surface area contributed by atoms with Crippen molar-refractivity contribution in [1.82, 2.24) is 14.5 Å². The van der Waals surface area contributed by atoms with Gasteiger partial charge in [0.1, 0.15) is 11.6 Å². The van der Waals surface area contributed by atoms with E-state index in [2.05, 4.69) is 9.97 Å². The number of benzene rings is 1. The van der Waals surface area contributed by atoms with E-state index in [1.54, 1.807) is 30.0 Å². The van der Waals surface area contributed by atoms with Crippen molar-refractivity contribution in [3.63, 3.8) is 0 Å². The van der Waals surface area contributed by atoms with Crippen LogP contribution in [0, 0.1) is 12.7 Å². The molecule has 1 aliphatic heterocycles. The number of hydrogen-bond acceptors (Lipinski definition) is 6. The third-order valence-corrected chi connectivity index (χ3v) is 6.35. The minimum Gasteiger partial charge on any atom is -0.387 e. The van der Waals surface area contributed by atoms with E-state index in [0.717, 1.165) is 4.88 Å². The van der Waals surface area contributed by atoms with Crippen LogP contribution in [0.1, 0.15) is 16.3 Å². The van der Waals surface area contributed by atoms with Gasteiger partial charge in [0.25, 0.3) is 0 Å². The topological polar surface area (TPSA) is 71.2 Å². The number of aliphatic hydroxyl groups excluding tert-OH is 1. The Morgan fingerprint density at radius 1 is 1.27 bits per heavy atom. The Morgan fingerprint density at radius 2 is 2.07 bits per heavy atom. The molecule has 6 nitrogen and oxygen atoms in total. The second-order valence-corrected chi connectivity index (χ2v) is 9.06. The first-order valence-corrected chi connectivity index (χ1v) is 10.7. The van der Waals surface area contributed by atoms with Gasteiger partial charge in [-0.2, -0.15) is 9.97 Å². The van der Waals surface area contributed by atoms with Gasteiger partial charge in [-0.25, -0.2) is 9.18 Å². The van der Waals surface area contributed by atoms with Gasteiger partial charge in [-0.1, -0.05) is 35.3 Å². The summed E-state index contributed by atoms with van der Waals surface area (Å²) >= 11 is 13.2. The molecule has 0 spiro atoms. The second kappa shape index (κ2) is 8.47. The number of rotatable bonds is 4. The SMILES string of the molecule is Cc1nc(N2CC=C(c3ccc(F)c(Cl)c3)C(O)C2)nc(=O)n1Cc1ccc(Cl)s1. The summed E-state index contributed by atoms with van der Waals surface area (Å²) in [6.07, 6.45) is 0.940. The van der Waals surface area contributed by atoms with Crippen LogP contribution in [0.3, 0.4) is 0 Å². The molecule has 0 radical (unpaired) electrons. The molecule has 2 aromatic heterocycles. The molecule has 1 unspecified atom stereocenters. The Morgan fingerprint density at radius 3 is 2.70 bits per heavy atom. The van der Waals surface area contributed by atoms with Gasteiger partial charge in [-0.15, -0.1) is 11.3 Å². The number of hydrogen-bond donors (Lipinski definition) is 1. The lowest BCUT2D eigenvalue weighted by Crippen LogP contribution is -2.40. The Hall–Kier alpha value is -2.26. The molecule has 0 saturated carbocycles. The zero-order valence-electron chi connectivity index (χ0n) is 15.8. The fraction of sp³-hybridized carbons (Fsp3) is 0.250. The second-order valence-electron chi connectivity index (χ2n) is 6.85. The fourth-order valence-electron chi connectivity index (χ4n) is 3.31. The summed E-state index contributed by atoms with van der Waals surface area (Å²) in [6.45, 7) is 2.68. The van der Waals surface area contributed by atoms with Crippen molar-refractivity contribution in [3.8, 4) is 0 Å². The lowest BCUT2D eigenvalue weighted by atomic mass is 9.97. The molecule has 0 aliphatic carbocycles.